The summed E-state index contributed by atoms with van der Waals surface area (Å²) >= 11 is 0. The van der Waals surface area contributed by atoms with Crippen molar-refractivity contribution in [2.75, 3.05) is 36.7 Å². The summed E-state index contributed by atoms with van der Waals surface area (Å²) in [5.74, 6) is 0. The minimum atomic E-state index is -3.47. The summed E-state index contributed by atoms with van der Waals surface area (Å²) in [4.78, 5) is 2.08. The van der Waals surface area contributed by atoms with E-state index < -0.39 is 16.1 Å². The Morgan fingerprint density at radius 3 is 1.91 bits per heavy atom. The highest BCUT2D eigenvalue weighted by molar-refractivity contribution is 7.92. The Bertz CT molecular complexity index is 602. The van der Waals surface area contributed by atoms with Crippen LogP contribution < -0.4 is 4.31 Å². The quantitative estimate of drug-likeness (QED) is 0.786. The Hall–Kier alpha value is -1.11. The molecule has 0 amide bonds. The van der Waals surface area contributed by atoms with E-state index in [2.05, 4.69) is 4.90 Å². The second-order valence-electron chi connectivity index (χ2n) is 6.18. The zero-order valence-electron chi connectivity index (χ0n) is 15.1. The van der Waals surface area contributed by atoms with Crippen molar-refractivity contribution in [1.82, 2.24) is 4.90 Å². The van der Waals surface area contributed by atoms with Crippen molar-refractivity contribution in [2.24, 2.45) is 0 Å². The topological polar surface area (TPSA) is 60.9 Å². The zero-order valence-corrected chi connectivity index (χ0v) is 15.9. The van der Waals surface area contributed by atoms with Crippen molar-refractivity contribution in [3.05, 3.63) is 28.8 Å². The van der Waals surface area contributed by atoms with Crippen LogP contribution in [0.4, 0.5) is 5.69 Å². The van der Waals surface area contributed by atoms with Gasteiger partial charge in [-0.05, 0) is 45.0 Å². The Morgan fingerprint density at radius 1 is 1.04 bits per heavy atom. The van der Waals surface area contributed by atoms with Gasteiger partial charge in [0.25, 0.3) is 0 Å². The standard InChI is InChI=1S/C17H30N2O3S/c1-7-18(8-2)11-16(20)12-19(23(6,21)22)17-14(4)9-13(3)10-15(17)5/h9-10,16,20H,7-8,11-12H2,1-6H3. The van der Waals surface area contributed by atoms with Crippen LogP contribution in [0.1, 0.15) is 30.5 Å². The van der Waals surface area contributed by atoms with E-state index in [9.17, 15) is 13.5 Å². The maximum atomic E-state index is 12.3. The first-order chi connectivity index (χ1) is 10.6. The van der Waals surface area contributed by atoms with Gasteiger partial charge in [-0.1, -0.05) is 31.5 Å². The van der Waals surface area contributed by atoms with Crippen molar-refractivity contribution in [2.45, 2.75) is 40.7 Å². The fourth-order valence-electron chi connectivity index (χ4n) is 2.99. The van der Waals surface area contributed by atoms with Gasteiger partial charge in [-0.3, -0.25) is 4.31 Å². The molecule has 0 fully saturated rings. The van der Waals surface area contributed by atoms with E-state index in [1.165, 1.54) is 10.6 Å². The van der Waals surface area contributed by atoms with Crippen LogP contribution in [0.15, 0.2) is 12.1 Å². The molecular weight excluding hydrogens is 312 g/mol. The summed E-state index contributed by atoms with van der Waals surface area (Å²) in [6, 6.07) is 3.94. The number of aliphatic hydroxyl groups excluding tert-OH is 1. The molecule has 0 aromatic heterocycles. The van der Waals surface area contributed by atoms with Crippen molar-refractivity contribution >= 4 is 15.7 Å². The average Bonchev–Trinajstić information content (AvgIpc) is 2.41. The first-order valence-corrected chi connectivity index (χ1v) is 9.90. The molecule has 0 spiro atoms. The fraction of sp³-hybridized carbons (Fsp3) is 0.647. The van der Waals surface area contributed by atoms with Crippen LogP contribution in [0, 0.1) is 20.8 Å². The Labute approximate surface area is 141 Å². The Balaban J connectivity index is 3.13. The van der Waals surface area contributed by atoms with Gasteiger partial charge in [-0.2, -0.15) is 0 Å². The maximum Gasteiger partial charge on any atom is 0.232 e. The molecule has 1 aromatic rings. The van der Waals surface area contributed by atoms with Crippen molar-refractivity contribution < 1.29 is 13.5 Å². The first kappa shape index (κ1) is 19.9. The average molecular weight is 343 g/mol. The van der Waals surface area contributed by atoms with Gasteiger partial charge in [-0.25, -0.2) is 8.42 Å². The number of nitrogens with zero attached hydrogens (tertiary/aromatic N) is 2. The van der Waals surface area contributed by atoms with Crippen LogP contribution in [0.2, 0.25) is 0 Å². The SMILES string of the molecule is CCN(CC)CC(O)CN(c1c(C)cc(C)cc1C)S(C)(=O)=O. The molecule has 0 aliphatic carbocycles. The Morgan fingerprint density at radius 2 is 1.52 bits per heavy atom. The number of rotatable bonds is 8. The lowest BCUT2D eigenvalue weighted by atomic mass is 10.0. The molecule has 5 nitrogen and oxygen atoms in total. The predicted octanol–water partition coefficient (Wildman–Crippen LogP) is 2.08. The largest absolute Gasteiger partial charge is 0.390 e. The summed E-state index contributed by atoms with van der Waals surface area (Å²) in [7, 11) is -3.47. The number of sulfonamides is 1. The molecule has 0 bridgehead atoms. The van der Waals surface area contributed by atoms with Crippen LogP contribution in [-0.2, 0) is 10.0 Å². The van der Waals surface area contributed by atoms with Gasteiger partial charge in [0.1, 0.15) is 0 Å². The van der Waals surface area contributed by atoms with Crippen LogP contribution in [0.3, 0.4) is 0 Å². The van der Waals surface area contributed by atoms with E-state index in [1.807, 2.05) is 46.8 Å². The van der Waals surface area contributed by atoms with Gasteiger partial charge in [0.05, 0.1) is 24.6 Å². The molecule has 0 heterocycles. The van der Waals surface area contributed by atoms with Crippen molar-refractivity contribution in [1.29, 1.82) is 0 Å². The van der Waals surface area contributed by atoms with E-state index in [4.69, 9.17) is 0 Å². The third kappa shape index (κ3) is 5.48. The molecule has 0 saturated carbocycles. The lowest BCUT2D eigenvalue weighted by Crippen LogP contribution is -2.43. The molecule has 0 aliphatic heterocycles. The smallest absolute Gasteiger partial charge is 0.232 e. The molecule has 0 radical (unpaired) electrons. The number of hydrogen-bond donors (Lipinski definition) is 1. The number of aryl methyl sites for hydroxylation is 3. The first-order valence-electron chi connectivity index (χ1n) is 8.06. The summed E-state index contributed by atoms with van der Waals surface area (Å²) in [5, 5.41) is 10.4. The number of benzene rings is 1. The summed E-state index contributed by atoms with van der Waals surface area (Å²) in [6.45, 7) is 12.0. The minimum absolute atomic E-state index is 0.0695. The van der Waals surface area contributed by atoms with Gasteiger partial charge in [0.2, 0.25) is 10.0 Å². The van der Waals surface area contributed by atoms with E-state index in [0.29, 0.717) is 12.2 Å². The molecule has 1 unspecified atom stereocenters. The number of likely N-dealkylation sites (N-methyl/N-ethyl adjacent to an activating group) is 1. The minimum Gasteiger partial charge on any atom is -0.390 e. The third-order valence-electron chi connectivity index (χ3n) is 4.03. The molecule has 1 rings (SSSR count). The fourth-order valence-corrected chi connectivity index (χ4v) is 4.05. The number of aliphatic hydroxyl groups is 1. The summed E-state index contributed by atoms with van der Waals surface area (Å²) in [5.41, 5.74) is 3.59. The van der Waals surface area contributed by atoms with Gasteiger partial charge < -0.3 is 10.0 Å². The lowest BCUT2D eigenvalue weighted by Gasteiger charge is -2.30. The summed E-state index contributed by atoms with van der Waals surface area (Å²) < 4.78 is 25.9. The maximum absolute atomic E-state index is 12.3. The lowest BCUT2D eigenvalue weighted by molar-refractivity contribution is 0.125. The second-order valence-corrected chi connectivity index (χ2v) is 8.09. The molecular formula is C17H30N2O3S. The van der Waals surface area contributed by atoms with Crippen molar-refractivity contribution in [3.8, 4) is 0 Å². The van der Waals surface area contributed by atoms with E-state index in [1.54, 1.807) is 0 Å². The molecule has 23 heavy (non-hydrogen) atoms. The predicted molar refractivity (Wildman–Crippen MR) is 96.6 cm³/mol. The van der Waals surface area contributed by atoms with Crippen LogP contribution in [0.5, 0.6) is 0 Å². The summed E-state index contributed by atoms with van der Waals surface area (Å²) in [6.07, 6.45) is 0.459. The van der Waals surface area contributed by atoms with Gasteiger partial charge in [0, 0.05) is 6.54 Å². The molecule has 1 atom stereocenters. The van der Waals surface area contributed by atoms with E-state index in [0.717, 1.165) is 29.8 Å². The molecule has 1 N–H and O–H groups in total. The van der Waals surface area contributed by atoms with Gasteiger partial charge in [-0.15, -0.1) is 0 Å². The van der Waals surface area contributed by atoms with Crippen LogP contribution >= 0.6 is 0 Å². The van der Waals surface area contributed by atoms with E-state index >= 15 is 0 Å². The molecule has 0 saturated heterocycles. The van der Waals surface area contributed by atoms with Crippen LogP contribution in [0.25, 0.3) is 0 Å². The second kappa shape index (κ2) is 8.13. The highest BCUT2D eigenvalue weighted by Gasteiger charge is 2.24. The Kier molecular flexibility index (Phi) is 7.04. The highest BCUT2D eigenvalue weighted by Crippen LogP contribution is 2.28. The monoisotopic (exact) mass is 342 g/mol. The highest BCUT2D eigenvalue weighted by atomic mass is 32.2. The van der Waals surface area contributed by atoms with E-state index in [-0.39, 0.29) is 6.54 Å². The van der Waals surface area contributed by atoms with Crippen molar-refractivity contribution in [3.63, 3.8) is 0 Å². The zero-order chi connectivity index (χ0) is 17.8. The van der Waals surface area contributed by atoms with Gasteiger partial charge in [0.15, 0.2) is 0 Å². The molecule has 6 heteroatoms. The number of anilines is 1. The molecule has 132 valence electrons. The molecule has 1 aromatic carbocycles. The third-order valence-corrected chi connectivity index (χ3v) is 5.16. The number of hydrogen-bond acceptors (Lipinski definition) is 4. The van der Waals surface area contributed by atoms with Crippen LogP contribution in [-0.4, -0.2) is 57.0 Å². The molecule has 0 aliphatic rings. The van der Waals surface area contributed by atoms with Gasteiger partial charge >= 0.3 is 0 Å². The normalized spacial score (nSPS) is 13.4.